The van der Waals surface area contributed by atoms with Gasteiger partial charge in [-0.25, -0.2) is 8.78 Å². The van der Waals surface area contributed by atoms with Gasteiger partial charge in [-0.15, -0.1) is 0 Å². The monoisotopic (exact) mass is 240 g/mol. The minimum absolute atomic E-state index is 0.276. The van der Waals surface area contributed by atoms with E-state index in [0.29, 0.717) is 6.42 Å². The second-order valence-electron chi connectivity index (χ2n) is 3.84. The summed E-state index contributed by atoms with van der Waals surface area (Å²) < 4.78 is 26.5. The quantitative estimate of drug-likeness (QED) is 0.564. The second-order valence-corrected chi connectivity index (χ2v) is 3.84. The summed E-state index contributed by atoms with van der Waals surface area (Å²) in [5, 5.41) is 0. The number of ketones is 2. The van der Waals surface area contributed by atoms with E-state index >= 15 is 0 Å². The van der Waals surface area contributed by atoms with Gasteiger partial charge in [-0.2, -0.15) is 0 Å². The first-order chi connectivity index (χ1) is 8.06. The predicted molar refractivity (Wildman–Crippen MR) is 59.8 cm³/mol. The van der Waals surface area contributed by atoms with Crippen molar-refractivity contribution in [2.45, 2.75) is 32.6 Å². The Labute approximate surface area is 98.6 Å². The lowest BCUT2D eigenvalue weighted by atomic mass is 10.0. The second kappa shape index (κ2) is 6.23. The summed E-state index contributed by atoms with van der Waals surface area (Å²) in [4.78, 5) is 22.9. The first kappa shape index (κ1) is 13.5. The molecule has 0 amide bonds. The molecule has 0 aliphatic carbocycles. The maximum atomic E-state index is 13.2. The number of hydrogen-bond acceptors (Lipinski definition) is 2. The minimum Gasteiger partial charge on any atom is -0.299 e. The summed E-state index contributed by atoms with van der Waals surface area (Å²) in [6.07, 6.45) is 1.37. The van der Waals surface area contributed by atoms with Gasteiger partial charge in [-0.05, 0) is 18.6 Å². The van der Waals surface area contributed by atoms with Gasteiger partial charge < -0.3 is 0 Å². The lowest BCUT2D eigenvalue weighted by Crippen LogP contribution is -2.11. The maximum absolute atomic E-state index is 13.2. The largest absolute Gasteiger partial charge is 0.299 e. The van der Waals surface area contributed by atoms with Crippen LogP contribution >= 0.6 is 0 Å². The predicted octanol–water partition coefficient (Wildman–Crippen LogP) is 3.30. The Kier molecular flexibility index (Phi) is 4.94. The summed E-state index contributed by atoms with van der Waals surface area (Å²) >= 11 is 0. The van der Waals surface area contributed by atoms with Gasteiger partial charge in [-0.1, -0.05) is 19.4 Å². The van der Waals surface area contributed by atoms with Crippen LogP contribution in [0, 0.1) is 11.6 Å². The zero-order chi connectivity index (χ0) is 12.8. The molecule has 0 spiro atoms. The number of Topliss-reactive ketones (excluding diaryl/α,β-unsaturated/α-hetero) is 2. The summed E-state index contributed by atoms with van der Waals surface area (Å²) in [7, 11) is 0. The first-order valence-electron chi connectivity index (χ1n) is 5.55. The Balaban J connectivity index is 2.73. The van der Waals surface area contributed by atoms with E-state index < -0.39 is 29.4 Å². The third-order valence-electron chi connectivity index (χ3n) is 2.41. The fraction of sp³-hybridized carbons (Fsp3) is 0.385. The van der Waals surface area contributed by atoms with Crippen LogP contribution in [0.5, 0.6) is 0 Å². The van der Waals surface area contributed by atoms with E-state index in [1.807, 2.05) is 6.92 Å². The summed E-state index contributed by atoms with van der Waals surface area (Å²) in [6, 6.07) is 3.19. The number of unbranched alkanes of at least 4 members (excludes halogenated alkanes) is 1. The lowest BCUT2D eigenvalue weighted by molar-refractivity contribution is -0.118. The number of benzene rings is 1. The van der Waals surface area contributed by atoms with Crippen LogP contribution in [-0.2, 0) is 4.79 Å². The molecule has 1 rings (SSSR count). The van der Waals surface area contributed by atoms with Crippen molar-refractivity contribution in [2.24, 2.45) is 0 Å². The summed E-state index contributed by atoms with van der Waals surface area (Å²) in [5.41, 5.74) is -0.614. The molecule has 1 aromatic carbocycles. The van der Waals surface area contributed by atoms with Crippen molar-refractivity contribution in [2.75, 3.05) is 0 Å². The SMILES string of the molecule is CCCCC(=O)CC(=O)c1c(F)cccc1F. The minimum atomic E-state index is -0.918. The van der Waals surface area contributed by atoms with Gasteiger partial charge in [0.1, 0.15) is 17.4 Å². The van der Waals surface area contributed by atoms with Crippen molar-refractivity contribution < 1.29 is 18.4 Å². The highest BCUT2D eigenvalue weighted by Crippen LogP contribution is 2.15. The number of carbonyl (C=O) groups is 2. The molecular formula is C13H14F2O2. The molecule has 0 saturated heterocycles. The lowest BCUT2D eigenvalue weighted by Gasteiger charge is -2.03. The van der Waals surface area contributed by atoms with Crippen LogP contribution in [0.15, 0.2) is 18.2 Å². The van der Waals surface area contributed by atoms with Crippen molar-refractivity contribution in [3.05, 3.63) is 35.4 Å². The van der Waals surface area contributed by atoms with Crippen molar-refractivity contribution in [3.8, 4) is 0 Å². The Morgan fingerprint density at radius 1 is 1.18 bits per heavy atom. The molecule has 0 aliphatic rings. The molecule has 92 valence electrons. The molecule has 17 heavy (non-hydrogen) atoms. The average Bonchev–Trinajstić information content (AvgIpc) is 2.26. The molecule has 0 fully saturated rings. The van der Waals surface area contributed by atoms with Crippen LogP contribution in [0.25, 0.3) is 0 Å². The molecule has 0 unspecified atom stereocenters. The molecular weight excluding hydrogens is 226 g/mol. The van der Waals surface area contributed by atoms with E-state index in [2.05, 4.69) is 0 Å². The van der Waals surface area contributed by atoms with Gasteiger partial charge in [0.05, 0.1) is 12.0 Å². The van der Waals surface area contributed by atoms with Crippen LogP contribution in [0.1, 0.15) is 43.0 Å². The van der Waals surface area contributed by atoms with E-state index in [9.17, 15) is 18.4 Å². The third kappa shape index (κ3) is 3.73. The van der Waals surface area contributed by atoms with Gasteiger partial charge in [0, 0.05) is 6.42 Å². The molecule has 0 radical (unpaired) electrons. The Hall–Kier alpha value is -1.58. The van der Waals surface area contributed by atoms with Crippen LogP contribution < -0.4 is 0 Å². The van der Waals surface area contributed by atoms with E-state index in [1.165, 1.54) is 6.07 Å². The average molecular weight is 240 g/mol. The molecule has 4 heteroatoms. The van der Waals surface area contributed by atoms with Gasteiger partial charge in [0.15, 0.2) is 5.78 Å². The highest BCUT2D eigenvalue weighted by Gasteiger charge is 2.19. The molecule has 0 heterocycles. The van der Waals surface area contributed by atoms with E-state index in [0.717, 1.165) is 18.6 Å². The zero-order valence-electron chi connectivity index (χ0n) is 9.63. The fourth-order valence-electron chi connectivity index (χ4n) is 1.49. The molecule has 1 aromatic rings. The van der Waals surface area contributed by atoms with E-state index in [4.69, 9.17) is 0 Å². The number of rotatable bonds is 6. The van der Waals surface area contributed by atoms with Gasteiger partial charge in [-0.3, -0.25) is 9.59 Å². The molecule has 0 saturated carbocycles. The van der Waals surface area contributed by atoms with Crippen LogP contribution in [-0.4, -0.2) is 11.6 Å². The molecule has 0 bridgehead atoms. The van der Waals surface area contributed by atoms with Gasteiger partial charge in [0.25, 0.3) is 0 Å². The Bertz CT molecular complexity index is 407. The number of carbonyl (C=O) groups excluding carboxylic acids is 2. The standard InChI is InChI=1S/C13H14F2O2/c1-2-3-5-9(16)8-12(17)13-10(14)6-4-7-11(13)15/h4,6-7H,2-3,5,8H2,1H3. The molecule has 0 aliphatic heterocycles. The van der Waals surface area contributed by atoms with Crippen LogP contribution in [0.3, 0.4) is 0 Å². The van der Waals surface area contributed by atoms with Crippen LogP contribution in [0.4, 0.5) is 8.78 Å². The van der Waals surface area contributed by atoms with Crippen LogP contribution in [0.2, 0.25) is 0 Å². The molecule has 2 nitrogen and oxygen atoms in total. The smallest absolute Gasteiger partial charge is 0.176 e. The van der Waals surface area contributed by atoms with Gasteiger partial charge in [0.2, 0.25) is 0 Å². The van der Waals surface area contributed by atoms with Crippen molar-refractivity contribution in [3.63, 3.8) is 0 Å². The number of hydrogen-bond donors (Lipinski definition) is 0. The van der Waals surface area contributed by atoms with E-state index in [-0.39, 0.29) is 12.2 Å². The topological polar surface area (TPSA) is 34.1 Å². The zero-order valence-corrected chi connectivity index (χ0v) is 9.63. The normalized spacial score (nSPS) is 10.3. The van der Waals surface area contributed by atoms with E-state index in [1.54, 1.807) is 0 Å². The third-order valence-corrected chi connectivity index (χ3v) is 2.41. The molecule has 0 N–H and O–H groups in total. The molecule has 0 aromatic heterocycles. The molecule has 0 atom stereocenters. The van der Waals surface area contributed by atoms with Crippen molar-refractivity contribution in [1.82, 2.24) is 0 Å². The highest BCUT2D eigenvalue weighted by atomic mass is 19.1. The summed E-state index contributed by atoms with van der Waals surface area (Å²) in [5.74, 6) is -2.90. The van der Waals surface area contributed by atoms with Gasteiger partial charge >= 0.3 is 0 Å². The number of halogens is 2. The van der Waals surface area contributed by atoms with Crippen molar-refractivity contribution >= 4 is 11.6 Å². The maximum Gasteiger partial charge on any atom is 0.176 e. The fourth-order valence-corrected chi connectivity index (χ4v) is 1.49. The Morgan fingerprint density at radius 3 is 2.29 bits per heavy atom. The highest BCUT2D eigenvalue weighted by molar-refractivity contribution is 6.08. The summed E-state index contributed by atoms with van der Waals surface area (Å²) in [6.45, 7) is 1.92. The first-order valence-corrected chi connectivity index (χ1v) is 5.55. The Morgan fingerprint density at radius 2 is 1.76 bits per heavy atom. The van der Waals surface area contributed by atoms with Crippen molar-refractivity contribution in [1.29, 1.82) is 0 Å².